The lowest BCUT2D eigenvalue weighted by atomic mass is 10.0. The van der Waals surface area contributed by atoms with Gasteiger partial charge in [0, 0.05) is 25.2 Å². The highest BCUT2D eigenvalue weighted by Crippen LogP contribution is 2.30. The zero-order valence-corrected chi connectivity index (χ0v) is 11.0. The Labute approximate surface area is 110 Å². The minimum atomic E-state index is 0.295. The first-order valence-electron chi connectivity index (χ1n) is 6.98. The molecule has 0 aromatic heterocycles. The largest absolute Gasteiger partial charge is 0.396 e. The van der Waals surface area contributed by atoms with E-state index in [4.69, 9.17) is 10.8 Å². The second-order valence-corrected chi connectivity index (χ2v) is 5.06. The average Bonchev–Trinajstić information content (AvgIpc) is 2.87. The van der Waals surface area contributed by atoms with Crippen LogP contribution in [-0.2, 0) is 0 Å². The molecule has 1 fully saturated rings. The molecule has 100 valence electrons. The number of hydrogen-bond donors (Lipinski definition) is 2. The molecule has 0 saturated carbocycles. The van der Waals surface area contributed by atoms with Crippen LogP contribution >= 0.6 is 0 Å². The van der Waals surface area contributed by atoms with Crippen molar-refractivity contribution in [1.29, 1.82) is 0 Å². The number of hydrogen-bond acceptors (Lipinski definition) is 3. The predicted molar refractivity (Wildman–Crippen MR) is 74.3 cm³/mol. The number of nitrogens with zero attached hydrogens (tertiary/aromatic N) is 1. The lowest BCUT2D eigenvalue weighted by Gasteiger charge is -2.32. The van der Waals surface area contributed by atoms with E-state index in [0.717, 1.165) is 19.4 Å². The second-order valence-electron chi connectivity index (χ2n) is 5.06. The Balaban J connectivity index is 2.07. The smallest absolute Gasteiger partial charge is 0.0473 e. The molecule has 18 heavy (non-hydrogen) atoms. The Morgan fingerprint density at radius 1 is 1.33 bits per heavy atom. The Kier molecular flexibility index (Phi) is 5.17. The Bertz CT molecular complexity index is 342. The Morgan fingerprint density at radius 2 is 2.11 bits per heavy atom. The van der Waals surface area contributed by atoms with Crippen LogP contribution in [0.2, 0.25) is 0 Å². The van der Waals surface area contributed by atoms with Gasteiger partial charge < -0.3 is 10.8 Å². The zero-order chi connectivity index (χ0) is 12.8. The van der Waals surface area contributed by atoms with Gasteiger partial charge in [-0.2, -0.15) is 0 Å². The van der Waals surface area contributed by atoms with Gasteiger partial charge in [0.15, 0.2) is 0 Å². The van der Waals surface area contributed by atoms with Gasteiger partial charge in [0.05, 0.1) is 0 Å². The van der Waals surface area contributed by atoms with Crippen LogP contribution in [0.25, 0.3) is 0 Å². The highest BCUT2D eigenvalue weighted by atomic mass is 16.2. The van der Waals surface area contributed by atoms with E-state index in [1.165, 1.54) is 18.4 Å². The lowest BCUT2D eigenvalue weighted by Crippen LogP contribution is -2.37. The third kappa shape index (κ3) is 3.10. The van der Waals surface area contributed by atoms with Gasteiger partial charge in [-0.15, -0.1) is 0 Å². The van der Waals surface area contributed by atoms with E-state index in [9.17, 15) is 0 Å². The van der Waals surface area contributed by atoms with E-state index in [2.05, 4.69) is 29.2 Å². The van der Waals surface area contributed by atoms with Crippen LogP contribution < -0.4 is 5.73 Å². The second kappa shape index (κ2) is 6.88. The summed E-state index contributed by atoms with van der Waals surface area (Å²) in [6, 6.07) is 11.5. The first-order chi connectivity index (χ1) is 8.86. The molecule has 3 nitrogen and oxygen atoms in total. The molecule has 1 aliphatic heterocycles. The van der Waals surface area contributed by atoms with Crippen LogP contribution in [0.1, 0.15) is 37.3 Å². The van der Waals surface area contributed by atoms with E-state index >= 15 is 0 Å². The summed E-state index contributed by atoms with van der Waals surface area (Å²) >= 11 is 0. The van der Waals surface area contributed by atoms with Gasteiger partial charge >= 0.3 is 0 Å². The van der Waals surface area contributed by atoms with Crippen molar-refractivity contribution in [3.05, 3.63) is 35.9 Å². The molecule has 0 aliphatic carbocycles. The highest BCUT2D eigenvalue weighted by molar-refractivity contribution is 5.20. The number of aliphatic hydroxyl groups excluding tert-OH is 1. The number of likely N-dealkylation sites (tertiary alicyclic amines) is 1. The maximum Gasteiger partial charge on any atom is 0.0473 e. The monoisotopic (exact) mass is 248 g/mol. The van der Waals surface area contributed by atoms with Crippen LogP contribution in [0, 0.1) is 0 Å². The van der Waals surface area contributed by atoms with Crippen LogP contribution in [0.5, 0.6) is 0 Å². The fourth-order valence-corrected chi connectivity index (χ4v) is 3.04. The minimum absolute atomic E-state index is 0.295. The predicted octanol–water partition coefficient (Wildman–Crippen LogP) is 1.92. The van der Waals surface area contributed by atoms with Gasteiger partial charge in [-0.05, 0) is 37.8 Å². The van der Waals surface area contributed by atoms with Crippen LogP contribution in [0.3, 0.4) is 0 Å². The maximum atomic E-state index is 8.98. The Morgan fingerprint density at radius 3 is 2.78 bits per heavy atom. The molecule has 1 saturated heterocycles. The number of nitrogens with two attached hydrogens (primary N) is 1. The molecule has 2 rings (SSSR count). The summed E-state index contributed by atoms with van der Waals surface area (Å²) in [6.07, 6.45) is 4.47. The van der Waals surface area contributed by atoms with E-state index < -0.39 is 0 Å². The van der Waals surface area contributed by atoms with E-state index in [1.807, 2.05) is 6.07 Å². The molecule has 2 atom stereocenters. The van der Waals surface area contributed by atoms with Gasteiger partial charge in [0.2, 0.25) is 0 Å². The quantitative estimate of drug-likeness (QED) is 0.808. The number of aliphatic hydroxyl groups is 1. The van der Waals surface area contributed by atoms with Gasteiger partial charge in [-0.3, -0.25) is 4.90 Å². The van der Waals surface area contributed by atoms with Crippen molar-refractivity contribution in [2.75, 3.05) is 19.7 Å². The van der Waals surface area contributed by atoms with Crippen molar-refractivity contribution in [3.63, 3.8) is 0 Å². The summed E-state index contributed by atoms with van der Waals surface area (Å²) < 4.78 is 0. The fraction of sp³-hybridized carbons (Fsp3) is 0.600. The molecule has 1 aliphatic rings. The van der Waals surface area contributed by atoms with Crippen LogP contribution in [0.15, 0.2) is 30.3 Å². The van der Waals surface area contributed by atoms with Crippen LogP contribution in [-0.4, -0.2) is 35.7 Å². The highest BCUT2D eigenvalue weighted by Gasteiger charge is 2.30. The van der Waals surface area contributed by atoms with E-state index in [1.54, 1.807) is 0 Å². The van der Waals surface area contributed by atoms with E-state index in [0.29, 0.717) is 25.2 Å². The van der Waals surface area contributed by atoms with E-state index in [-0.39, 0.29) is 0 Å². The van der Waals surface area contributed by atoms with Crippen molar-refractivity contribution in [2.45, 2.75) is 37.8 Å². The van der Waals surface area contributed by atoms with Crippen LogP contribution in [0.4, 0.5) is 0 Å². The summed E-state index contributed by atoms with van der Waals surface area (Å²) in [5.74, 6) is 0. The molecular formula is C15H24N2O. The molecule has 1 aromatic rings. The lowest BCUT2D eigenvalue weighted by molar-refractivity contribution is 0.165. The standard InChI is InChI=1S/C15H24N2O/c16-12-15(13-6-2-1-3-7-13)17-10-4-8-14(17)9-5-11-18/h1-3,6-7,14-15,18H,4-5,8-12,16H2. The van der Waals surface area contributed by atoms with Crippen molar-refractivity contribution in [3.8, 4) is 0 Å². The molecule has 0 radical (unpaired) electrons. The van der Waals surface area contributed by atoms with Gasteiger partial charge in [-0.1, -0.05) is 30.3 Å². The SMILES string of the molecule is NCC(c1ccccc1)N1CCCC1CCCO. The molecule has 1 heterocycles. The summed E-state index contributed by atoms with van der Waals surface area (Å²) in [5, 5.41) is 8.98. The molecule has 0 bridgehead atoms. The van der Waals surface area contributed by atoms with Gasteiger partial charge in [0.1, 0.15) is 0 Å². The Hall–Kier alpha value is -0.900. The molecular weight excluding hydrogens is 224 g/mol. The third-order valence-corrected chi connectivity index (χ3v) is 3.93. The molecule has 1 aromatic carbocycles. The molecule has 2 unspecified atom stereocenters. The minimum Gasteiger partial charge on any atom is -0.396 e. The molecule has 0 amide bonds. The number of benzene rings is 1. The van der Waals surface area contributed by atoms with Crippen molar-refractivity contribution < 1.29 is 5.11 Å². The molecule has 3 N–H and O–H groups in total. The summed E-state index contributed by atoms with van der Waals surface area (Å²) in [5.41, 5.74) is 7.30. The van der Waals surface area contributed by atoms with Crippen molar-refractivity contribution >= 4 is 0 Å². The van der Waals surface area contributed by atoms with Gasteiger partial charge in [0.25, 0.3) is 0 Å². The molecule has 0 spiro atoms. The summed E-state index contributed by atoms with van der Waals surface area (Å²) in [6.45, 7) is 2.09. The summed E-state index contributed by atoms with van der Waals surface area (Å²) in [4.78, 5) is 2.53. The fourth-order valence-electron chi connectivity index (χ4n) is 3.04. The van der Waals surface area contributed by atoms with Crippen molar-refractivity contribution in [1.82, 2.24) is 4.90 Å². The summed E-state index contributed by atoms with van der Waals surface area (Å²) in [7, 11) is 0. The van der Waals surface area contributed by atoms with Crippen molar-refractivity contribution in [2.24, 2.45) is 5.73 Å². The molecule has 3 heteroatoms. The average molecular weight is 248 g/mol. The zero-order valence-electron chi connectivity index (χ0n) is 11.0. The van der Waals surface area contributed by atoms with Gasteiger partial charge in [-0.25, -0.2) is 0 Å². The topological polar surface area (TPSA) is 49.5 Å². The maximum absolute atomic E-state index is 8.98. The first-order valence-corrected chi connectivity index (χ1v) is 6.98. The number of rotatable bonds is 6. The first kappa shape index (κ1) is 13.5. The third-order valence-electron chi connectivity index (χ3n) is 3.93. The normalized spacial score (nSPS) is 22.2.